The SMILES string of the molecule is COc1cccc(/C=N\NC(=O)c2ccc(N(C)C)cc2)c1O. The molecule has 2 aromatic rings. The van der Waals surface area contributed by atoms with Gasteiger partial charge in [-0.1, -0.05) is 6.07 Å². The van der Waals surface area contributed by atoms with E-state index < -0.39 is 0 Å². The van der Waals surface area contributed by atoms with Crippen LogP contribution in [0.4, 0.5) is 5.69 Å². The van der Waals surface area contributed by atoms with Crippen LogP contribution in [0.1, 0.15) is 15.9 Å². The molecular formula is C17H19N3O3. The molecule has 23 heavy (non-hydrogen) atoms. The highest BCUT2D eigenvalue weighted by atomic mass is 16.5. The fourth-order valence-corrected chi connectivity index (χ4v) is 1.94. The predicted octanol–water partition coefficient (Wildman–Crippen LogP) is 2.23. The third-order valence-electron chi connectivity index (χ3n) is 3.27. The first kappa shape index (κ1) is 16.4. The van der Waals surface area contributed by atoms with E-state index in [0.29, 0.717) is 16.9 Å². The van der Waals surface area contributed by atoms with Crippen LogP contribution < -0.4 is 15.1 Å². The number of phenolic OH excluding ortho intramolecular Hbond substituents is 1. The first-order valence-electron chi connectivity index (χ1n) is 6.99. The number of hydrogen-bond acceptors (Lipinski definition) is 5. The summed E-state index contributed by atoms with van der Waals surface area (Å²) in [4.78, 5) is 13.9. The number of phenols is 1. The molecule has 1 amide bonds. The number of nitrogens with zero attached hydrogens (tertiary/aromatic N) is 2. The quantitative estimate of drug-likeness (QED) is 0.656. The maximum atomic E-state index is 12.0. The smallest absolute Gasteiger partial charge is 0.271 e. The van der Waals surface area contributed by atoms with Crippen LogP contribution in [0.5, 0.6) is 11.5 Å². The van der Waals surface area contributed by atoms with Gasteiger partial charge in [0.05, 0.1) is 13.3 Å². The molecule has 0 bridgehead atoms. The largest absolute Gasteiger partial charge is 0.504 e. The standard InChI is InChI=1S/C17H19N3O3/c1-20(2)14-9-7-12(8-10-14)17(22)19-18-11-13-5-4-6-15(23-3)16(13)21/h4-11,21H,1-3H3,(H,19,22)/b18-11-. The minimum Gasteiger partial charge on any atom is -0.504 e. The summed E-state index contributed by atoms with van der Waals surface area (Å²) >= 11 is 0. The lowest BCUT2D eigenvalue weighted by Crippen LogP contribution is -2.18. The maximum absolute atomic E-state index is 12.0. The van der Waals surface area contributed by atoms with Gasteiger partial charge in [-0.25, -0.2) is 5.43 Å². The zero-order valence-corrected chi connectivity index (χ0v) is 13.3. The van der Waals surface area contributed by atoms with E-state index in [0.717, 1.165) is 5.69 Å². The second-order valence-electron chi connectivity index (χ2n) is 5.04. The number of para-hydroxylation sites is 1. The van der Waals surface area contributed by atoms with E-state index in [1.165, 1.54) is 13.3 Å². The van der Waals surface area contributed by atoms with Crippen molar-refractivity contribution in [2.24, 2.45) is 5.10 Å². The first-order valence-corrected chi connectivity index (χ1v) is 6.99. The number of ether oxygens (including phenoxy) is 1. The maximum Gasteiger partial charge on any atom is 0.271 e. The molecular weight excluding hydrogens is 294 g/mol. The van der Waals surface area contributed by atoms with Gasteiger partial charge >= 0.3 is 0 Å². The van der Waals surface area contributed by atoms with Crippen LogP contribution in [0.3, 0.4) is 0 Å². The van der Waals surface area contributed by atoms with Crippen molar-refractivity contribution in [2.75, 3.05) is 26.1 Å². The Hall–Kier alpha value is -3.02. The molecule has 2 N–H and O–H groups in total. The van der Waals surface area contributed by atoms with Crippen molar-refractivity contribution in [3.8, 4) is 11.5 Å². The van der Waals surface area contributed by atoms with E-state index in [4.69, 9.17) is 4.74 Å². The van der Waals surface area contributed by atoms with E-state index in [1.807, 2.05) is 31.1 Å². The van der Waals surface area contributed by atoms with Crippen molar-refractivity contribution in [3.63, 3.8) is 0 Å². The predicted molar refractivity (Wildman–Crippen MR) is 90.5 cm³/mol. The normalized spacial score (nSPS) is 10.6. The molecule has 6 nitrogen and oxygen atoms in total. The van der Waals surface area contributed by atoms with Gasteiger partial charge in [-0.2, -0.15) is 5.10 Å². The number of carbonyl (C=O) groups is 1. The van der Waals surface area contributed by atoms with E-state index in [2.05, 4.69) is 10.5 Å². The minimum absolute atomic E-state index is 0.0247. The molecule has 0 radical (unpaired) electrons. The number of carbonyl (C=O) groups excluding carboxylic acids is 1. The Morgan fingerprint density at radius 3 is 2.52 bits per heavy atom. The third-order valence-corrected chi connectivity index (χ3v) is 3.27. The van der Waals surface area contributed by atoms with Gasteiger partial charge in [-0.15, -0.1) is 0 Å². The van der Waals surface area contributed by atoms with Crippen LogP contribution in [-0.2, 0) is 0 Å². The molecule has 0 saturated heterocycles. The molecule has 0 spiro atoms. The summed E-state index contributed by atoms with van der Waals surface area (Å²) in [5.74, 6) is -0.00294. The Morgan fingerprint density at radius 2 is 1.91 bits per heavy atom. The van der Waals surface area contributed by atoms with Gasteiger partial charge in [-0.3, -0.25) is 4.79 Å². The number of methoxy groups -OCH3 is 1. The number of amides is 1. The van der Waals surface area contributed by atoms with Crippen LogP contribution in [0.2, 0.25) is 0 Å². The third kappa shape index (κ3) is 4.00. The van der Waals surface area contributed by atoms with E-state index in [9.17, 15) is 9.90 Å². The number of hydrazone groups is 1. The lowest BCUT2D eigenvalue weighted by molar-refractivity contribution is 0.0955. The monoisotopic (exact) mass is 313 g/mol. The number of rotatable bonds is 5. The van der Waals surface area contributed by atoms with Gasteiger partial charge in [0.1, 0.15) is 0 Å². The van der Waals surface area contributed by atoms with Crippen LogP contribution in [0.25, 0.3) is 0 Å². The summed E-state index contributed by atoms with van der Waals surface area (Å²) in [6.45, 7) is 0. The number of benzene rings is 2. The van der Waals surface area contributed by atoms with E-state index in [1.54, 1.807) is 30.3 Å². The molecule has 0 heterocycles. The fraction of sp³-hybridized carbons (Fsp3) is 0.176. The van der Waals surface area contributed by atoms with Crippen molar-refractivity contribution < 1.29 is 14.6 Å². The molecule has 6 heteroatoms. The van der Waals surface area contributed by atoms with Crippen molar-refractivity contribution in [3.05, 3.63) is 53.6 Å². The summed E-state index contributed by atoms with van der Waals surface area (Å²) < 4.78 is 5.01. The Bertz CT molecular complexity index is 710. The molecule has 0 atom stereocenters. The van der Waals surface area contributed by atoms with Gasteiger partial charge in [0.15, 0.2) is 11.5 Å². The van der Waals surface area contributed by atoms with Crippen LogP contribution in [0.15, 0.2) is 47.6 Å². The number of hydrogen-bond donors (Lipinski definition) is 2. The zero-order valence-electron chi connectivity index (χ0n) is 13.3. The lowest BCUT2D eigenvalue weighted by atomic mass is 10.2. The van der Waals surface area contributed by atoms with Gasteiger partial charge < -0.3 is 14.7 Å². The number of aromatic hydroxyl groups is 1. The molecule has 120 valence electrons. The highest BCUT2D eigenvalue weighted by Gasteiger charge is 2.06. The highest BCUT2D eigenvalue weighted by Crippen LogP contribution is 2.27. The second kappa shape index (κ2) is 7.31. The van der Waals surface area contributed by atoms with Gasteiger partial charge in [-0.05, 0) is 36.4 Å². The van der Waals surface area contributed by atoms with Crippen molar-refractivity contribution in [1.29, 1.82) is 0 Å². The Balaban J connectivity index is 2.04. The second-order valence-corrected chi connectivity index (χ2v) is 5.04. The summed E-state index contributed by atoms with van der Waals surface area (Å²) in [7, 11) is 5.33. The van der Waals surface area contributed by atoms with Crippen LogP contribution in [0, 0.1) is 0 Å². The number of anilines is 1. The summed E-state index contributed by atoms with van der Waals surface area (Å²) in [5.41, 5.74) is 4.39. The molecule has 0 fully saturated rings. The zero-order chi connectivity index (χ0) is 16.8. The summed E-state index contributed by atoms with van der Waals surface area (Å²) in [6, 6.07) is 12.2. The molecule has 0 aliphatic rings. The number of nitrogens with one attached hydrogen (secondary N) is 1. The first-order chi connectivity index (χ1) is 11.0. The molecule has 0 aromatic heterocycles. The van der Waals surface area contributed by atoms with Gasteiger partial charge in [0, 0.05) is 30.9 Å². The Labute approximate surface area is 135 Å². The minimum atomic E-state index is -0.325. The molecule has 2 rings (SSSR count). The molecule has 0 saturated carbocycles. The highest BCUT2D eigenvalue weighted by molar-refractivity contribution is 5.95. The Morgan fingerprint density at radius 1 is 1.22 bits per heavy atom. The molecule has 2 aromatic carbocycles. The fourth-order valence-electron chi connectivity index (χ4n) is 1.94. The van der Waals surface area contributed by atoms with E-state index in [-0.39, 0.29) is 11.7 Å². The topological polar surface area (TPSA) is 74.2 Å². The molecule has 0 aliphatic carbocycles. The van der Waals surface area contributed by atoms with Crippen LogP contribution in [-0.4, -0.2) is 38.4 Å². The average Bonchev–Trinajstić information content (AvgIpc) is 2.56. The van der Waals surface area contributed by atoms with Gasteiger partial charge in [0.25, 0.3) is 5.91 Å². The van der Waals surface area contributed by atoms with Gasteiger partial charge in [0.2, 0.25) is 0 Å². The summed E-state index contributed by atoms with van der Waals surface area (Å²) in [6.07, 6.45) is 1.37. The van der Waals surface area contributed by atoms with E-state index >= 15 is 0 Å². The molecule has 0 unspecified atom stereocenters. The average molecular weight is 313 g/mol. The van der Waals surface area contributed by atoms with Crippen LogP contribution >= 0.6 is 0 Å². The van der Waals surface area contributed by atoms with Crippen molar-refractivity contribution in [1.82, 2.24) is 5.43 Å². The lowest BCUT2D eigenvalue weighted by Gasteiger charge is -2.12. The van der Waals surface area contributed by atoms with Crippen molar-refractivity contribution >= 4 is 17.8 Å². The molecule has 0 aliphatic heterocycles. The Kier molecular flexibility index (Phi) is 5.19. The summed E-state index contributed by atoms with van der Waals surface area (Å²) in [5, 5.41) is 13.8. The van der Waals surface area contributed by atoms with Crippen molar-refractivity contribution in [2.45, 2.75) is 0 Å².